The highest BCUT2D eigenvalue weighted by atomic mass is 16.6. The minimum absolute atomic E-state index is 0.0358. The number of non-ortho nitro benzene ring substituents is 1. The monoisotopic (exact) mass is 275 g/mol. The molecule has 20 heavy (non-hydrogen) atoms. The zero-order valence-electron chi connectivity index (χ0n) is 11.3. The molecule has 6 nitrogen and oxygen atoms in total. The van der Waals surface area contributed by atoms with Gasteiger partial charge in [0.25, 0.3) is 5.69 Å². The van der Waals surface area contributed by atoms with Gasteiger partial charge in [-0.05, 0) is 36.2 Å². The predicted octanol–water partition coefficient (Wildman–Crippen LogP) is 1.95. The number of ether oxygens (including phenoxy) is 1. The fraction of sp³-hybridized carbons (Fsp3) is 0.286. The first-order chi connectivity index (χ1) is 9.62. The van der Waals surface area contributed by atoms with E-state index in [0.29, 0.717) is 18.8 Å². The number of methoxy groups -OCH3 is 1. The van der Waals surface area contributed by atoms with Gasteiger partial charge < -0.3 is 15.0 Å². The molecule has 6 heteroatoms. The number of hydrogen-bond donors (Lipinski definition) is 1. The van der Waals surface area contributed by atoms with Crippen molar-refractivity contribution in [1.29, 1.82) is 0 Å². The smallest absolute Gasteiger partial charge is 0.273 e. The summed E-state index contributed by atoms with van der Waals surface area (Å²) in [6, 6.07) is 6.78. The molecule has 0 aliphatic heterocycles. The van der Waals surface area contributed by atoms with Crippen LogP contribution in [0.15, 0.2) is 36.7 Å². The van der Waals surface area contributed by atoms with Crippen molar-refractivity contribution >= 4 is 5.69 Å². The third-order valence-electron chi connectivity index (χ3n) is 3.01. The van der Waals surface area contributed by atoms with Crippen molar-refractivity contribution in [2.45, 2.75) is 13.0 Å². The molecule has 2 N–H and O–H groups in total. The van der Waals surface area contributed by atoms with Crippen molar-refractivity contribution in [3.8, 4) is 5.75 Å². The highest BCUT2D eigenvalue weighted by Gasteiger charge is 2.10. The molecule has 0 unspecified atom stereocenters. The Kier molecular flexibility index (Phi) is 4.37. The van der Waals surface area contributed by atoms with Crippen LogP contribution < -0.4 is 10.5 Å². The first-order valence-electron chi connectivity index (χ1n) is 6.29. The van der Waals surface area contributed by atoms with Gasteiger partial charge in [-0.2, -0.15) is 0 Å². The van der Waals surface area contributed by atoms with E-state index in [-0.39, 0.29) is 5.69 Å². The van der Waals surface area contributed by atoms with Gasteiger partial charge in [-0.3, -0.25) is 10.1 Å². The minimum Gasteiger partial charge on any atom is -0.496 e. The van der Waals surface area contributed by atoms with E-state index >= 15 is 0 Å². The minimum atomic E-state index is -0.415. The van der Waals surface area contributed by atoms with Crippen LogP contribution in [-0.2, 0) is 13.0 Å². The lowest BCUT2D eigenvalue weighted by molar-refractivity contribution is -0.385. The SMILES string of the molecule is COc1cc(Cn2ccc(CCN)c2)cc([N+](=O)[O-])c1. The molecule has 0 amide bonds. The molecule has 0 radical (unpaired) electrons. The van der Waals surface area contributed by atoms with Crippen LogP contribution in [0.25, 0.3) is 0 Å². The highest BCUT2D eigenvalue weighted by Crippen LogP contribution is 2.23. The maximum Gasteiger partial charge on any atom is 0.273 e. The molecule has 1 aromatic carbocycles. The zero-order valence-corrected chi connectivity index (χ0v) is 11.3. The Hall–Kier alpha value is -2.34. The van der Waals surface area contributed by atoms with Crippen molar-refractivity contribution in [1.82, 2.24) is 4.57 Å². The molecule has 0 saturated carbocycles. The second-order valence-electron chi connectivity index (χ2n) is 4.53. The van der Waals surface area contributed by atoms with E-state index in [0.717, 1.165) is 17.5 Å². The number of rotatable bonds is 6. The maximum absolute atomic E-state index is 10.9. The summed E-state index contributed by atoms with van der Waals surface area (Å²) in [6.45, 7) is 1.16. The maximum atomic E-state index is 10.9. The van der Waals surface area contributed by atoms with Crippen LogP contribution in [-0.4, -0.2) is 23.1 Å². The number of hydrogen-bond acceptors (Lipinski definition) is 4. The van der Waals surface area contributed by atoms with Crippen molar-refractivity contribution < 1.29 is 9.66 Å². The van der Waals surface area contributed by atoms with E-state index in [4.69, 9.17) is 10.5 Å². The van der Waals surface area contributed by atoms with Crippen LogP contribution in [0.5, 0.6) is 5.75 Å². The van der Waals surface area contributed by atoms with E-state index in [9.17, 15) is 10.1 Å². The van der Waals surface area contributed by atoms with Crippen molar-refractivity contribution in [3.05, 3.63) is 57.9 Å². The Bertz CT molecular complexity index is 607. The second-order valence-corrected chi connectivity index (χ2v) is 4.53. The third-order valence-corrected chi connectivity index (χ3v) is 3.01. The average molecular weight is 275 g/mol. The van der Waals surface area contributed by atoms with Gasteiger partial charge >= 0.3 is 0 Å². The molecular weight excluding hydrogens is 258 g/mol. The summed E-state index contributed by atoms with van der Waals surface area (Å²) in [5, 5.41) is 10.9. The molecule has 0 aliphatic carbocycles. The standard InChI is InChI=1S/C14H17N3O3/c1-20-14-7-12(6-13(8-14)17(18)19)10-16-5-3-11(9-16)2-4-15/h3,5-9H,2,4,10,15H2,1H3. The largest absolute Gasteiger partial charge is 0.496 e. The fourth-order valence-corrected chi connectivity index (χ4v) is 2.07. The lowest BCUT2D eigenvalue weighted by atomic mass is 10.2. The first-order valence-corrected chi connectivity index (χ1v) is 6.29. The van der Waals surface area contributed by atoms with Gasteiger partial charge in [-0.1, -0.05) is 0 Å². The number of nitrogens with two attached hydrogens (primary N) is 1. The van der Waals surface area contributed by atoms with Gasteiger partial charge in [0.15, 0.2) is 0 Å². The zero-order chi connectivity index (χ0) is 14.5. The fourth-order valence-electron chi connectivity index (χ4n) is 2.07. The number of nitro groups is 1. The lowest BCUT2D eigenvalue weighted by Gasteiger charge is -2.06. The van der Waals surface area contributed by atoms with E-state index in [1.807, 2.05) is 23.0 Å². The Balaban J connectivity index is 2.22. The number of nitro benzene ring substituents is 1. The normalized spacial score (nSPS) is 10.5. The summed E-state index contributed by atoms with van der Waals surface area (Å²) >= 11 is 0. The third kappa shape index (κ3) is 3.36. The van der Waals surface area contributed by atoms with Crippen LogP contribution in [0, 0.1) is 10.1 Å². The summed E-state index contributed by atoms with van der Waals surface area (Å²) in [6.07, 6.45) is 4.76. The van der Waals surface area contributed by atoms with E-state index in [1.165, 1.54) is 13.2 Å². The van der Waals surface area contributed by atoms with Crippen LogP contribution in [0.2, 0.25) is 0 Å². The Morgan fingerprint density at radius 1 is 1.35 bits per heavy atom. The summed E-state index contributed by atoms with van der Waals surface area (Å²) in [5.74, 6) is 0.489. The van der Waals surface area contributed by atoms with E-state index < -0.39 is 4.92 Å². The van der Waals surface area contributed by atoms with Gasteiger partial charge in [0.05, 0.1) is 18.1 Å². The molecule has 2 rings (SSSR count). The van der Waals surface area contributed by atoms with Gasteiger partial charge in [-0.25, -0.2) is 0 Å². The molecule has 0 aliphatic rings. The van der Waals surface area contributed by atoms with Crippen molar-refractivity contribution in [3.63, 3.8) is 0 Å². The molecule has 0 atom stereocenters. The Morgan fingerprint density at radius 2 is 2.15 bits per heavy atom. The average Bonchev–Trinajstić information content (AvgIpc) is 2.86. The molecule has 2 aromatic rings. The van der Waals surface area contributed by atoms with Gasteiger partial charge in [0.2, 0.25) is 0 Å². The van der Waals surface area contributed by atoms with Crippen molar-refractivity contribution in [2.75, 3.05) is 13.7 Å². The molecule has 0 fully saturated rings. The molecule has 1 aromatic heterocycles. The molecule has 0 saturated heterocycles. The highest BCUT2D eigenvalue weighted by molar-refractivity contribution is 5.43. The van der Waals surface area contributed by atoms with Crippen LogP contribution in [0.4, 0.5) is 5.69 Å². The van der Waals surface area contributed by atoms with Gasteiger partial charge in [-0.15, -0.1) is 0 Å². The summed E-state index contributed by atoms with van der Waals surface area (Å²) < 4.78 is 7.07. The number of aromatic nitrogens is 1. The Morgan fingerprint density at radius 3 is 2.80 bits per heavy atom. The predicted molar refractivity (Wildman–Crippen MR) is 75.9 cm³/mol. The summed E-state index contributed by atoms with van der Waals surface area (Å²) in [5.41, 5.74) is 7.53. The van der Waals surface area contributed by atoms with Gasteiger partial charge in [0, 0.05) is 25.0 Å². The first kappa shape index (κ1) is 14.1. The molecular formula is C14H17N3O3. The lowest BCUT2D eigenvalue weighted by Crippen LogP contribution is -2.02. The quantitative estimate of drug-likeness (QED) is 0.645. The molecule has 1 heterocycles. The van der Waals surface area contributed by atoms with Crippen LogP contribution in [0.3, 0.4) is 0 Å². The second kappa shape index (κ2) is 6.21. The van der Waals surface area contributed by atoms with Crippen molar-refractivity contribution in [2.24, 2.45) is 5.73 Å². The van der Waals surface area contributed by atoms with Gasteiger partial charge in [0.1, 0.15) is 5.75 Å². The summed E-state index contributed by atoms with van der Waals surface area (Å²) in [7, 11) is 1.50. The van der Waals surface area contributed by atoms with Crippen LogP contribution in [0.1, 0.15) is 11.1 Å². The van der Waals surface area contributed by atoms with E-state index in [2.05, 4.69) is 0 Å². The summed E-state index contributed by atoms with van der Waals surface area (Å²) in [4.78, 5) is 10.5. The topological polar surface area (TPSA) is 83.3 Å². The molecule has 0 bridgehead atoms. The molecule has 106 valence electrons. The molecule has 0 spiro atoms. The van der Waals surface area contributed by atoms with E-state index in [1.54, 1.807) is 12.1 Å². The van der Waals surface area contributed by atoms with Crippen LogP contribution >= 0.6 is 0 Å². The number of benzene rings is 1. The Labute approximate surface area is 116 Å². The number of nitrogens with zero attached hydrogens (tertiary/aromatic N) is 2.